The second kappa shape index (κ2) is 7.42. The number of likely N-dealkylation sites (tertiary alicyclic amines) is 1. The van der Waals surface area contributed by atoms with E-state index in [1.165, 1.54) is 0 Å². The highest BCUT2D eigenvalue weighted by molar-refractivity contribution is 5.79. The van der Waals surface area contributed by atoms with Crippen molar-refractivity contribution in [2.45, 2.75) is 51.2 Å². The number of rotatable bonds is 7. The van der Waals surface area contributed by atoms with Crippen LogP contribution in [0.1, 0.15) is 39.0 Å². The van der Waals surface area contributed by atoms with Crippen molar-refractivity contribution in [2.75, 3.05) is 19.7 Å². The number of carbonyl (C=O) groups is 1. The lowest BCUT2D eigenvalue weighted by molar-refractivity contribution is -0.210. The Kier molecular flexibility index (Phi) is 5.81. The smallest absolute Gasteiger partial charge is 0.226 e. The molecule has 2 rings (SSSR count). The molecule has 4 heteroatoms. The average molecular weight is 307 g/mol. The maximum atomic E-state index is 12.6. The summed E-state index contributed by atoms with van der Waals surface area (Å²) in [4.78, 5) is 14.6. The van der Waals surface area contributed by atoms with Crippen LogP contribution >= 0.6 is 0 Å². The Bertz CT molecular complexity index is 401. The lowest BCUT2D eigenvalue weighted by Gasteiger charge is -2.56. The Labute approximate surface area is 133 Å². The molecule has 2 aliphatic rings. The fourth-order valence-corrected chi connectivity index (χ4v) is 3.92. The molecule has 1 aliphatic heterocycles. The van der Waals surface area contributed by atoms with Crippen molar-refractivity contribution >= 4 is 5.91 Å². The first-order valence-corrected chi connectivity index (χ1v) is 8.39. The van der Waals surface area contributed by atoms with Crippen molar-refractivity contribution in [3.63, 3.8) is 0 Å². The Balaban J connectivity index is 1.94. The molecule has 1 amide bonds. The molecule has 2 fully saturated rings. The highest BCUT2D eigenvalue weighted by Crippen LogP contribution is 2.51. The predicted molar refractivity (Wildman–Crippen MR) is 87.4 cm³/mol. The minimum Gasteiger partial charge on any atom is -0.392 e. The van der Waals surface area contributed by atoms with Gasteiger partial charge in [-0.2, -0.15) is 0 Å². The van der Waals surface area contributed by atoms with E-state index < -0.39 is 0 Å². The number of hydrogen-bond donors (Lipinski definition) is 1. The number of piperidine rings is 1. The first-order chi connectivity index (χ1) is 10.6. The predicted octanol–water partition coefficient (Wildman–Crippen LogP) is 2.53. The molecule has 2 unspecified atom stereocenters. The summed E-state index contributed by atoms with van der Waals surface area (Å²) in [5, 5.41) is 10.2. The molecule has 0 aromatic carbocycles. The molecule has 1 heterocycles. The van der Waals surface area contributed by atoms with Crippen LogP contribution in [0.15, 0.2) is 25.3 Å². The van der Waals surface area contributed by atoms with Gasteiger partial charge in [-0.05, 0) is 32.6 Å². The Morgan fingerprint density at radius 1 is 1.36 bits per heavy atom. The fraction of sp³-hybridized carbons (Fsp3) is 0.722. The summed E-state index contributed by atoms with van der Waals surface area (Å²) in [5.74, 6) is 0.148. The molecule has 0 radical (unpaired) electrons. The molecular formula is C18H29NO3. The molecule has 0 bridgehead atoms. The fourth-order valence-electron chi connectivity index (χ4n) is 3.92. The van der Waals surface area contributed by atoms with Crippen LogP contribution in [-0.4, -0.2) is 47.8 Å². The number of allylic oxidation sites excluding steroid dienone is 2. The molecule has 1 N–H and O–H groups in total. The zero-order valence-corrected chi connectivity index (χ0v) is 13.7. The number of ether oxygens (including phenoxy) is 1. The number of amides is 1. The van der Waals surface area contributed by atoms with E-state index in [0.29, 0.717) is 32.5 Å². The van der Waals surface area contributed by atoms with Crippen LogP contribution in [0.25, 0.3) is 0 Å². The van der Waals surface area contributed by atoms with Crippen LogP contribution in [0.5, 0.6) is 0 Å². The highest BCUT2D eigenvalue weighted by Gasteiger charge is 2.56. The normalized spacial score (nSPS) is 26.8. The molecular weight excluding hydrogens is 278 g/mol. The van der Waals surface area contributed by atoms with Gasteiger partial charge in [0.15, 0.2) is 0 Å². The summed E-state index contributed by atoms with van der Waals surface area (Å²) in [5.41, 5.74) is -0.126. The lowest BCUT2D eigenvalue weighted by Crippen LogP contribution is -2.63. The van der Waals surface area contributed by atoms with Crippen LogP contribution < -0.4 is 0 Å². The Morgan fingerprint density at radius 2 is 1.95 bits per heavy atom. The van der Waals surface area contributed by atoms with E-state index in [0.717, 1.165) is 19.3 Å². The third-order valence-electron chi connectivity index (χ3n) is 5.37. The van der Waals surface area contributed by atoms with E-state index in [1.54, 1.807) is 12.2 Å². The minimum absolute atomic E-state index is 0.0435. The topological polar surface area (TPSA) is 49.8 Å². The van der Waals surface area contributed by atoms with E-state index >= 15 is 0 Å². The Morgan fingerprint density at radius 3 is 2.41 bits per heavy atom. The summed E-state index contributed by atoms with van der Waals surface area (Å²) in [6, 6.07) is 0. The van der Waals surface area contributed by atoms with Gasteiger partial charge >= 0.3 is 0 Å². The van der Waals surface area contributed by atoms with Gasteiger partial charge in [0.2, 0.25) is 5.91 Å². The van der Waals surface area contributed by atoms with Crippen molar-refractivity contribution in [1.29, 1.82) is 0 Å². The van der Waals surface area contributed by atoms with E-state index in [9.17, 15) is 9.90 Å². The van der Waals surface area contributed by atoms with Gasteiger partial charge in [0, 0.05) is 37.5 Å². The lowest BCUT2D eigenvalue weighted by atomic mass is 9.58. The van der Waals surface area contributed by atoms with Gasteiger partial charge < -0.3 is 14.7 Å². The van der Waals surface area contributed by atoms with Gasteiger partial charge in [0.05, 0.1) is 12.2 Å². The van der Waals surface area contributed by atoms with Crippen molar-refractivity contribution in [1.82, 2.24) is 4.90 Å². The first kappa shape index (κ1) is 17.2. The molecule has 1 spiro atoms. The third kappa shape index (κ3) is 3.13. The van der Waals surface area contributed by atoms with Gasteiger partial charge in [-0.3, -0.25) is 4.79 Å². The third-order valence-corrected chi connectivity index (χ3v) is 5.37. The average Bonchev–Trinajstić information content (AvgIpc) is 2.54. The quantitative estimate of drug-likeness (QED) is 0.735. The Hall–Kier alpha value is -1.13. The van der Waals surface area contributed by atoms with Crippen LogP contribution in [0.3, 0.4) is 0 Å². The molecule has 1 saturated heterocycles. The van der Waals surface area contributed by atoms with E-state index in [2.05, 4.69) is 13.2 Å². The van der Waals surface area contributed by atoms with E-state index in [1.807, 2.05) is 11.8 Å². The second-order valence-corrected chi connectivity index (χ2v) is 6.50. The summed E-state index contributed by atoms with van der Waals surface area (Å²) < 4.78 is 5.77. The molecule has 2 atom stereocenters. The molecule has 124 valence electrons. The van der Waals surface area contributed by atoms with E-state index in [4.69, 9.17) is 4.74 Å². The van der Waals surface area contributed by atoms with Crippen LogP contribution in [0.2, 0.25) is 0 Å². The molecule has 0 aromatic rings. The van der Waals surface area contributed by atoms with Crippen molar-refractivity contribution in [3.05, 3.63) is 25.3 Å². The summed E-state index contributed by atoms with van der Waals surface area (Å²) in [7, 11) is 0. The van der Waals surface area contributed by atoms with Crippen molar-refractivity contribution in [3.8, 4) is 0 Å². The van der Waals surface area contributed by atoms with Gasteiger partial charge in [-0.15, -0.1) is 13.2 Å². The zero-order valence-electron chi connectivity index (χ0n) is 13.7. The molecule has 4 nitrogen and oxygen atoms in total. The van der Waals surface area contributed by atoms with Crippen LogP contribution in [-0.2, 0) is 9.53 Å². The van der Waals surface area contributed by atoms with Crippen LogP contribution in [0, 0.1) is 11.3 Å². The van der Waals surface area contributed by atoms with Gasteiger partial charge in [-0.25, -0.2) is 0 Å². The maximum absolute atomic E-state index is 12.6. The van der Waals surface area contributed by atoms with Gasteiger partial charge in [-0.1, -0.05) is 12.2 Å². The van der Waals surface area contributed by atoms with Gasteiger partial charge in [0.25, 0.3) is 0 Å². The SMILES string of the molecule is C=CCC(CC=C)C(=O)N1CCC2(CC1)C(O)CC2OCC. The molecule has 1 saturated carbocycles. The number of nitrogens with zero attached hydrogens (tertiary/aromatic N) is 1. The molecule has 22 heavy (non-hydrogen) atoms. The number of carbonyl (C=O) groups excluding carboxylic acids is 1. The van der Waals surface area contributed by atoms with Crippen molar-refractivity contribution in [2.24, 2.45) is 11.3 Å². The summed E-state index contributed by atoms with van der Waals surface area (Å²) >= 11 is 0. The maximum Gasteiger partial charge on any atom is 0.226 e. The largest absolute Gasteiger partial charge is 0.392 e. The monoisotopic (exact) mass is 307 g/mol. The number of aliphatic hydroxyl groups is 1. The molecule has 1 aliphatic carbocycles. The molecule has 0 aromatic heterocycles. The second-order valence-electron chi connectivity index (χ2n) is 6.50. The first-order valence-electron chi connectivity index (χ1n) is 8.39. The summed E-state index contributed by atoms with van der Waals surface area (Å²) in [6.45, 7) is 11.6. The number of aliphatic hydroxyl groups excluding tert-OH is 1. The number of hydrogen-bond acceptors (Lipinski definition) is 3. The highest BCUT2D eigenvalue weighted by atomic mass is 16.5. The standard InChI is InChI=1S/C18H29NO3/c1-4-7-14(8-5-2)17(21)19-11-9-18(10-12-19)15(20)13-16(18)22-6-3/h4-5,14-16,20H,1-2,6-13H2,3H3. The van der Waals surface area contributed by atoms with E-state index in [-0.39, 0.29) is 29.4 Å². The minimum atomic E-state index is -0.279. The zero-order chi connectivity index (χ0) is 16.2. The van der Waals surface area contributed by atoms with Crippen molar-refractivity contribution < 1.29 is 14.6 Å². The summed E-state index contributed by atoms with van der Waals surface area (Å²) in [6.07, 6.45) is 7.26. The van der Waals surface area contributed by atoms with Gasteiger partial charge in [0.1, 0.15) is 0 Å². The van der Waals surface area contributed by atoms with Crippen LogP contribution in [0.4, 0.5) is 0 Å².